The van der Waals surface area contributed by atoms with Crippen LogP contribution in [0.5, 0.6) is 5.75 Å². The van der Waals surface area contributed by atoms with Gasteiger partial charge in [-0.25, -0.2) is 8.42 Å². The number of carbonyl (C=O) groups is 2. The van der Waals surface area contributed by atoms with Gasteiger partial charge in [0.2, 0.25) is 5.91 Å². The Morgan fingerprint density at radius 1 is 1.06 bits per heavy atom. The third-order valence-electron chi connectivity index (χ3n) is 6.54. The zero-order chi connectivity index (χ0) is 25.9. The van der Waals surface area contributed by atoms with E-state index in [4.69, 9.17) is 18.9 Å². The number of rotatable bonds is 6. The fourth-order valence-corrected chi connectivity index (χ4v) is 6.19. The van der Waals surface area contributed by atoms with Crippen LogP contribution < -0.4 is 4.74 Å². The number of sulfone groups is 1. The highest BCUT2D eigenvalue weighted by atomic mass is 32.2. The summed E-state index contributed by atoms with van der Waals surface area (Å²) in [5.74, 6) is 4.15. The topological polar surface area (TPSA) is 108 Å². The zero-order valence-corrected chi connectivity index (χ0v) is 21.7. The third-order valence-corrected chi connectivity index (χ3v) is 9.04. The number of carbonyl (C=O) groups excluding carboxylic acids is 2. The van der Waals surface area contributed by atoms with Gasteiger partial charge in [-0.15, -0.1) is 5.92 Å². The van der Waals surface area contributed by atoms with Gasteiger partial charge in [0.25, 0.3) is 0 Å². The predicted octanol–water partition coefficient (Wildman–Crippen LogP) is 2.19. The molecule has 0 saturated carbocycles. The van der Waals surface area contributed by atoms with Crippen molar-refractivity contribution in [2.75, 3.05) is 40.0 Å². The van der Waals surface area contributed by atoms with E-state index in [9.17, 15) is 18.0 Å². The largest absolute Gasteiger partial charge is 0.481 e. The SMILES string of the molecule is CC#CCOc1ccc(S(=O)(=O)C2(C(=O)OC)CCN(C(=O)C3(C)COC(C)(C)OC3)CC2)cc1. The van der Waals surface area contributed by atoms with Crippen molar-refractivity contribution in [1.82, 2.24) is 4.90 Å². The number of benzene rings is 1. The van der Waals surface area contributed by atoms with E-state index >= 15 is 0 Å². The van der Waals surface area contributed by atoms with Crippen LogP contribution in [0.25, 0.3) is 0 Å². The minimum Gasteiger partial charge on any atom is -0.481 e. The maximum atomic E-state index is 13.7. The molecule has 0 radical (unpaired) electrons. The Bertz CT molecular complexity index is 1100. The van der Waals surface area contributed by atoms with E-state index in [2.05, 4.69) is 11.8 Å². The fraction of sp³-hybridized carbons (Fsp3) is 0.600. The minimum atomic E-state index is -4.13. The normalized spacial score (nSPS) is 20.8. The van der Waals surface area contributed by atoms with Crippen molar-refractivity contribution in [3.63, 3.8) is 0 Å². The van der Waals surface area contributed by atoms with E-state index in [0.717, 1.165) is 0 Å². The molecule has 3 rings (SSSR count). The number of methoxy groups -OCH3 is 1. The number of amides is 1. The fourth-order valence-electron chi connectivity index (χ4n) is 4.23. The lowest BCUT2D eigenvalue weighted by Crippen LogP contribution is -2.59. The summed E-state index contributed by atoms with van der Waals surface area (Å²) in [5, 5.41) is 0. The monoisotopic (exact) mass is 507 g/mol. The van der Waals surface area contributed by atoms with Gasteiger partial charge in [0.15, 0.2) is 20.4 Å². The average molecular weight is 508 g/mol. The lowest BCUT2D eigenvalue weighted by atomic mass is 9.87. The Labute approximate surface area is 207 Å². The lowest BCUT2D eigenvalue weighted by Gasteiger charge is -2.45. The molecule has 0 unspecified atom stereocenters. The molecular formula is C25H33NO8S. The second kappa shape index (κ2) is 10.2. The standard InChI is InChI=1S/C25H33NO8S/c1-6-7-16-32-19-8-10-20(11-9-19)35(29,30)25(22(28)31-5)12-14-26(15-13-25)21(27)24(4)17-33-23(2,3)34-18-24/h8-11H,12-18H2,1-5H3. The van der Waals surface area contributed by atoms with Crippen molar-refractivity contribution in [2.45, 2.75) is 56.0 Å². The van der Waals surface area contributed by atoms with Crippen molar-refractivity contribution in [1.29, 1.82) is 0 Å². The first-order valence-electron chi connectivity index (χ1n) is 11.4. The summed E-state index contributed by atoms with van der Waals surface area (Å²) in [5.41, 5.74) is -0.891. The van der Waals surface area contributed by atoms with Crippen LogP contribution in [-0.4, -0.2) is 75.7 Å². The number of likely N-dealkylation sites (tertiary alicyclic amines) is 1. The molecule has 0 spiro atoms. The summed E-state index contributed by atoms with van der Waals surface area (Å²) in [6.07, 6.45) is -0.164. The molecule has 0 bridgehead atoms. The van der Waals surface area contributed by atoms with E-state index in [0.29, 0.717) is 5.75 Å². The Morgan fingerprint density at radius 3 is 2.14 bits per heavy atom. The van der Waals surface area contributed by atoms with E-state index in [1.165, 1.54) is 31.4 Å². The summed E-state index contributed by atoms with van der Waals surface area (Å²) in [6.45, 7) is 7.76. The first-order valence-corrected chi connectivity index (χ1v) is 12.9. The first-order chi connectivity index (χ1) is 16.4. The molecule has 0 aromatic heterocycles. The Morgan fingerprint density at radius 2 is 1.63 bits per heavy atom. The van der Waals surface area contributed by atoms with Gasteiger partial charge in [0.1, 0.15) is 12.4 Å². The molecule has 35 heavy (non-hydrogen) atoms. The number of hydrogen-bond acceptors (Lipinski definition) is 8. The maximum absolute atomic E-state index is 13.7. The lowest BCUT2D eigenvalue weighted by molar-refractivity contribution is -0.279. The van der Waals surface area contributed by atoms with Crippen molar-refractivity contribution >= 4 is 21.7 Å². The Hall–Kier alpha value is -2.61. The predicted molar refractivity (Wildman–Crippen MR) is 127 cm³/mol. The maximum Gasteiger partial charge on any atom is 0.327 e. The second-order valence-electron chi connectivity index (χ2n) is 9.51. The van der Waals surface area contributed by atoms with Gasteiger partial charge in [-0.3, -0.25) is 9.59 Å². The third kappa shape index (κ3) is 5.32. The quantitative estimate of drug-likeness (QED) is 0.426. The minimum absolute atomic E-state index is 0.0140. The van der Waals surface area contributed by atoms with E-state index in [1.807, 2.05) is 0 Å². The van der Waals surface area contributed by atoms with Gasteiger partial charge in [-0.2, -0.15) is 0 Å². The van der Waals surface area contributed by atoms with E-state index in [-0.39, 0.29) is 56.6 Å². The molecule has 2 aliphatic heterocycles. The summed E-state index contributed by atoms with van der Waals surface area (Å²) in [6, 6.07) is 5.87. The van der Waals surface area contributed by atoms with Gasteiger partial charge >= 0.3 is 5.97 Å². The van der Waals surface area contributed by atoms with Gasteiger partial charge in [0, 0.05) is 13.1 Å². The average Bonchev–Trinajstić information content (AvgIpc) is 2.85. The molecular weight excluding hydrogens is 474 g/mol. The molecule has 192 valence electrons. The van der Waals surface area contributed by atoms with Crippen LogP contribution in [0, 0.1) is 17.3 Å². The van der Waals surface area contributed by atoms with Crippen LogP contribution in [0.3, 0.4) is 0 Å². The highest BCUT2D eigenvalue weighted by Crippen LogP contribution is 2.39. The van der Waals surface area contributed by atoms with Crippen molar-refractivity contribution in [3.05, 3.63) is 24.3 Å². The van der Waals surface area contributed by atoms with Crippen molar-refractivity contribution in [3.8, 4) is 17.6 Å². The number of ether oxygens (including phenoxy) is 4. The second-order valence-corrected chi connectivity index (χ2v) is 11.8. The molecule has 2 saturated heterocycles. The van der Waals surface area contributed by atoms with E-state index < -0.39 is 31.8 Å². The number of hydrogen-bond donors (Lipinski definition) is 0. The highest BCUT2D eigenvalue weighted by molar-refractivity contribution is 7.93. The summed E-state index contributed by atoms with van der Waals surface area (Å²) in [7, 11) is -2.96. The molecule has 1 amide bonds. The number of piperidine rings is 1. The molecule has 1 aromatic carbocycles. The smallest absolute Gasteiger partial charge is 0.327 e. The summed E-state index contributed by atoms with van der Waals surface area (Å²) < 4.78 is 47.3. The summed E-state index contributed by atoms with van der Waals surface area (Å²) >= 11 is 0. The van der Waals surface area contributed by atoms with Crippen LogP contribution in [0.1, 0.15) is 40.5 Å². The van der Waals surface area contributed by atoms with Gasteiger partial charge < -0.3 is 23.8 Å². The van der Waals surface area contributed by atoms with Crippen molar-refractivity contribution < 1.29 is 37.0 Å². The molecule has 2 aliphatic rings. The number of nitrogens with zero attached hydrogens (tertiary/aromatic N) is 1. The molecule has 0 N–H and O–H groups in total. The highest BCUT2D eigenvalue weighted by Gasteiger charge is 2.55. The van der Waals surface area contributed by atoms with Gasteiger partial charge in [0.05, 0.1) is 30.6 Å². The molecule has 10 heteroatoms. The van der Waals surface area contributed by atoms with Crippen LogP contribution in [-0.2, 0) is 33.6 Å². The van der Waals surface area contributed by atoms with Crippen LogP contribution >= 0.6 is 0 Å². The molecule has 2 fully saturated rings. The molecule has 0 aliphatic carbocycles. The Kier molecular flexibility index (Phi) is 7.84. The first kappa shape index (κ1) is 27.0. The van der Waals surface area contributed by atoms with Crippen LogP contribution in [0.4, 0.5) is 0 Å². The molecule has 0 atom stereocenters. The zero-order valence-electron chi connectivity index (χ0n) is 20.9. The van der Waals surface area contributed by atoms with Crippen LogP contribution in [0.15, 0.2) is 29.2 Å². The molecule has 1 aromatic rings. The van der Waals surface area contributed by atoms with Gasteiger partial charge in [-0.05, 0) is 64.8 Å². The summed E-state index contributed by atoms with van der Waals surface area (Å²) in [4.78, 5) is 27.7. The Balaban J connectivity index is 1.79. The molecule has 2 heterocycles. The van der Waals surface area contributed by atoms with E-state index in [1.54, 1.807) is 32.6 Å². The van der Waals surface area contributed by atoms with Crippen LogP contribution in [0.2, 0.25) is 0 Å². The van der Waals surface area contributed by atoms with Gasteiger partial charge in [-0.1, -0.05) is 5.92 Å². The molecule has 9 nitrogen and oxygen atoms in total. The number of esters is 1. The van der Waals surface area contributed by atoms with Crippen molar-refractivity contribution in [2.24, 2.45) is 5.41 Å².